The summed E-state index contributed by atoms with van der Waals surface area (Å²) in [5.41, 5.74) is 1.97. The van der Waals surface area contributed by atoms with E-state index in [2.05, 4.69) is 10.3 Å². The van der Waals surface area contributed by atoms with E-state index in [1.807, 2.05) is 38.1 Å². The fraction of sp³-hybridized carbons (Fsp3) is 0.333. The number of hydrogen-bond donors (Lipinski definition) is 1. The lowest BCUT2D eigenvalue weighted by Gasteiger charge is -2.05. The molecule has 0 unspecified atom stereocenters. The first-order valence-electron chi connectivity index (χ1n) is 6.45. The van der Waals surface area contributed by atoms with Crippen molar-refractivity contribution in [3.8, 4) is 5.75 Å². The third kappa shape index (κ3) is 3.81. The maximum Gasteiger partial charge on any atom is 0.225 e. The molecule has 2 aromatic rings. The largest absolute Gasteiger partial charge is 0.497 e. The van der Waals surface area contributed by atoms with Gasteiger partial charge in [0.05, 0.1) is 17.8 Å². The molecule has 0 aliphatic carbocycles. The molecule has 0 aliphatic heterocycles. The van der Waals surface area contributed by atoms with Crippen LogP contribution in [-0.4, -0.2) is 18.0 Å². The smallest absolute Gasteiger partial charge is 0.225 e. The molecule has 0 aliphatic rings. The van der Waals surface area contributed by atoms with Crippen molar-refractivity contribution in [3.05, 3.63) is 40.5 Å². The topological polar surface area (TPSA) is 51.2 Å². The summed E-state index contributed by atoms with van der Waals surface area (Å²) in [4.78, 5) is 16.2. The molecule has 1 N–H and O–H groups in total. The monoisotopic (exact) mass is 290 g/mol. The predicted molar refractivity (Wildman–Crippen MR) is 81.5 cm³/mol. The van der Waals surface area contributed by atoms with Crippen LogP contribution in [0.5, 0.6) is 5.75 Å². The van der Waals surface area contributed by atoms with Gasteiger partial charge in [0.2, 0.25) is 5.91 Å². The van der Waals surface area contributed by atoms with Crippen molar-refractivity contribution in [2.24, 2.45) is 0 Å². The normalized spacial score (nSPS) is 10.3. The van der Waals surface area contributed by atoms with Crippen molar-refractivity contribution < 1.29 is 9.53 Å². The summed E-state index contributed by atoms with van der Waals surface area (Å²) >= 11 is 1.51. The standard InChI is InChI=1S/C15H18N2O2S/c1-10-15(20-11(2)16-10)17-14(18)8-7-12-5-4-6-13(9-12)19-3/h4-6,9H,7-8H2,1-3H3,(H,17,18). The average Bonchev–Trinajstić information content (AvgIpc) is 2.75. The maximum atomic E-state index is 11.9. The minimum atomic E-state index is 0.0135. The first-order chi connectivity index (χ1) is 9.58. The Morgan fingerprint density at radius 2 is 2.20 bits per heavy atom. The van der Waals surface area contributed by atoms with Crippen molar-refractivity contribution in [2.75, 3.05) is 12.4 Å². The van der Waals surface area contributed by atoms with Crippen LogP contribution >= 0.6 is 11.3 Å². The van der Waals surface area contributed by atoms with Gasteiger partial charge in [-0.25, -0.2) is 4.98 Å². The van der Waals surface area contributed by atoms with E-state index in [-0.39, 0.29) is 5.91 Å². The number of ether oxygens (including phenoxy) is 1. The Hall–Kier alpha value is -1.88. The van der Waals surface area contributed by atoms with E-state index in [1.165, 1.54) is 11.3 Å². The molecule has 0 bridgehead atoms. The van der Waals surface area contributed by atoms with Gasteiger partial charge < -0.3 is 10.1 Å². The summed E-state index contributed by atoms with van der Waals surface area (Å²) in [6.45, 7) is 3.84. The van der Waals surface area contributed by atoms with Crippen molar-refractivity contribution >= 4 is 22.2 Å². The van der Waals surface area contributed by atoms with Gasteiger partial charge in [-0.3, -0.25) is 4.79 Å². The Morgan fingerprint density at radius 3 is 2.85 bits per heavy atom. The zero-order valence-corrected chi connectivity index (χ0v) is 12.7. The van der Waals surface area contributed by atoms with Crippen molar-refractivity contribution in [3.63, 3.8) is 0 Å². The molecule has 0 atom stereocenters. The summed E-state index contributed by atoms with van der Waals surface area (Å²) in [5.74, 6) is 0.830. The van der Waals surface area contributed by atoms with Crippen molar-refractivity contribution in [2.45, 2.75) is 26.7 Å². The number of aryl methyl sites for hydroxylation is 3. The Morgan fingerprint density at radius 1 is 1.40 bits per heavy atom. The van der Waals surface area contributed by atoms with E-state index in [0.717, 1.165) is 27.0 Å². The Labute approximate surface area is 122 Å². The number of nitrogens with one attached hydrogen (secondary N) is 1. The number of benzene rings is 1. The highest BCUT2D eigenvalue weighted by molar-refractivity contribution is 7.16. The van der Waals surface area contributed by atoms with Crippen LogP contribution in [0.4, 0.5) is 5.00 Å². The molecular weight excluding hydrogens is 272 g/mol. The second-order valence-electron chi connectivity index (χ2n) is 4.55. The molecule has 1 heterocycles. The number of aromatic nitrogens is 1. The number of amides is 1. The molecule has 0 spiro atoms. The lowest BCUT2D eigenvalue weighted by Crippen LogP contribution is -2.12. The van der Waals surface area contributed by atoms with Crippen LogP contribution in [0.2, 0.25) is 0 Å². The zero-order valence-electron chi connectivity index (χ0n) is 11.9. The van der Waals surface area contributed by atoms with Crippen molar-refractivity contribution in [1.82, 2.24) is 4.98 Å². The number of anilines is 1. The second kappa shape index (κ2) is 6.52. The van der Waals surface area contributed by atoms with E-state index < -0.39 is 0 Å². The Balaban J connectivity index is 1.90. The minimum Gasteiger partial charge on any atom is -0.497 e. The van der Waals surface area contributed by atoms with Gasteiger partial charge >= 0.3 is 0 Å². The van der Waals surface area contributed by atoms with Crippen LogP contribution in [0.15, 0.2) is 24.3 Å². The van der Waals surface area contributed by atoms with Gasteiger partial charge in [0.15, 0.2) is 0 Å². The van der Waals surface area contributed by atoms with Gasteiger partial charge in [-0.1, -0.05) is 12.1 Å². The minimum absolute atomic E-state index is 0.0135. The van der Waals surface area contributed by atoms with E-state index >= 15 is 0 Å². The molecule has 0 fully saturated rings. The van der Waals surface area contributed by atoms with Crippen LogP contribution in [0.1, 0.15) is 22.7 Å². The molecule has 4 nitrogen and oxygen atoms in total. The van der Waals surface area contributed by atoms with Gasteiger partial charge in [0.1, 0.15) is 10.8 Å². The molecule has 1 aromatic carbocycles. The first-order valence-corrected chi connectivity index (χ1v) is 7.27. The summed E-state index contributed by atoms with van der Waals surface area (Å²) in [5, 5.41) is 4.72. The highest BCUT2D eigenvalue weighted by Gasteiger charge is 2.09. The van der Waals surface area contributed by atoms with E-state index in [1.54, 1.807) is 7.11 Å². The third-order valence-electron chi connectivity index (χ3n) is 2.93. The van der Waals surface area contributed by atoms with E-state index in [0.29, 0.717) is 12.8 Å². The lowest BCUT2D eigenvalue weighted by atomic mass is 10.1. The fourth-order valence-electron chi connectivity index (χ4n) is 1.92. The average molecular weight is 290 g/mol. The summed E-state index contributed by atoms with van der Waals surface area (Å²) in [6, 6.07) is 7.78. The number of thiazole rings is 1. The van der Waals surface area contributed by atoms with Crippen molar-refractivity contribution in [1.29, 1.82) is 0 Å². The number of hydrogen-bond acceptors (Lipinski definition) is 4. The van der Waals surface area contributed by atoms with Crippen LogP contribution in [0, 0.1) is 13.8 Å². The Bertz CT molecular complexity index is 608. The lowest BCUT2D eigenvalue weighted by molar-refractivity contribution is -0.116. The van der Waals surface area contributed by atoms with Crippen LogP contribution in [0.25, 0.3) is 0 Å². The third-order valence-corrected chi connectivity index (χ3v) is 3.92. The molecule has 2 rings (SSSR count). The molecule has 1 amide bonds. The number of carbonyl (C=O) groups is 1. The van der Waals surface area contributed by atoms with Gasteiger partial charge in [0, 0.05) is 6.42 Å². The molecule has 1 aromatic heterocycles. The van der Waals surface area contributed by atoms with Crippen LogP contribution in [-0.2, 0) is 11.2 Å². The quantitative estimate of drug-likeness (QED) is 0.919. The summed E-state index contributed by atoms with van der Waals surface area (Å²) in [6.07, 6.45) is 1.14. The van der Waals surface area contributed by atoms with Gasteiger partial charge in [-0.05, 0) is 38.0 Å². The number of nitrogens with zero attached hydrogens (tertiary/aromatic N) is 1. The number of carbonyl (C=O) groups excluding carboxylic acids is 1. The van der Waals surface area contributed by atoms with Gasteiger partial charge in [-0.2, -0.15) is 0 Å². The van der Waals surface area contributed by atoms with Crippen LogP contribution < -0.4 is 10.1 Å². The second-order valence-corrected chi connectivity index (χ2v) is 5.75. The Kier molecular flexibility index (Phi) is 4.74. The molecule has 106 valence electrons. The van der Waals surface area contributed by atoms with Crippen LogP contribution in [0.3, 0.4) is 0 Å². The highest BCUT2D eigenvalue weighted by atomic mass is 32.1. The number of methoxy groups -OCH3 is 1. The zero-order chi connectivity index (χ0) is 14.5. The molecule has 5 heteroatoms. The molecule has 0 saturated heterocycles. The van der Waals surface area contributed by atoms with Gasteiger partial charge in [-0.15, -0.1) is 11.3 Å². The first kappa shape index (κ1) is 14.5. The summed E-state index contributed by atoms with van der Waals surface area (Å²) < 4.78 is 5.17. The predicted octanol–water partition coefficient (Wildman–Crippen LogP) is 3.34. The van der Waals surface area contributed by atoms with Gasteiger partial charge in [0.25, 0.3) is 0 Å². The molecule has 20 heavy (non-hydrogen) atoms. The number of rotatable bonds is 5. The molecule has 0 saturated carbocycles. The molecular formula is C15H18N2O2S. The maximum absolute atomic E-state index is 11.9. The van der Waals surface area contributed by atoms with E-state index in [9.17, 15) is 4.79 Å². The SMILES string of the molecule is COc1cccc(CCC(=O)Nc2sc(C)nc2C)c1. The molecule has 0 radical (unpaired) electrons. The van der Waals surface area contributed by atoms with E-state index in [4.69, 9.17) is 4.74 Å². The highest BCUT2D eigenvalue weighted by Crippen LogP contribution is 2.23. The summed E-state index contributed by atoms with van der Waals surface area (Å²) in [7, 11) is 1.64. The fourth-order valence-corrected chi connectivity index (χ4v) is 2.76.